The number of nitrogens with zero attached hydrogens (tertiary/aromatic N) is 1. The zero-order chi connectivity index (χ0) is 15.4. The molecule has 0 heterocycles. The van der Waals surface area contributed by atoms with E-state index < -0.39 is 0 Å². The van der Waals surface area contributed by atoms with Gasteiger partial charge in [0.05, 0.1) is 6.04 Å². The minimum atomic E-state index is -0.336. The molecule has 0 aliphatic rings. The summed E-state index contributed by atoms with van der Waals surface area (Å²) in [6, 6.07) is 12.6. The Balaban J connectivity index is 2.45. The molecule has 1 atom stereocenters. The Morgan fingerprint density at radius 3 is 2.52 bits per heavy atom. The molecule has 2 nitrogen and oxygen atoms in total. The van der Waals surface area contributed by atoms with Crippen LogP contribution in [0.1, 0.15) is 24.1 Å². The standard InChI is InChI=1S/C17H20ClFN2/c1-3-21(16-7-5-4-6-12(16)2)17(11-20)13-8-14(18)10-15(19)9-13/h4-10,17H,3,11,20H2,1-2H3. The van der Waals surface area contributed by atoms with E-state index in [0.717, 1.165) is 17.8 Å². The number of benzene rings is 2. The fourth-order valence-corrected chi connectivity index (χ4v) is 2.89. The summed E-state index contributed by atoms with van der Waals surface area (Å²) in [6.45, 7) is 5.29. The van der Waals surface area contributed by atoms with Crippen LogP contribution in [0, 0.1) is 12.7 Å². The highest BCUT2D eigenvalue weighted by Gasteiger charge is 2.20. The molecule has 0 spiro atoms. The molecule has 2 aromatic carbocycles. The number of anilines is 1. The third-order valence-corrected chi connectivity index (χ3v) is 3.85. The molecule has 0 aliphatic carbocycles. The second-order valence-corrected chi connectivity index (χ2v) is 5.46. The van der Waals surface area contributed by atoms with Crippen LogP contribution in [-0.2, 0) is 0 Å². The summed E-state index contributed by atoms with van der Waals surface area (Å²) in [7, 11) is 0. The zero-order valence-corrected chi connectivity index (χ0v) is 13.1. The number of aryl methyl sites for hydroxylation is 1. The van der Waals surface area contributed by atoms with E-state index in [4.69, 9.17) is 17.3 Å². The number of hydrogen-bond acceptors (Lipinski definition) is 2. The first-order valence-corrected chi connectivity index (χ1v) is 7.43. The molecule has 0 aliphatic heterocycles. The van der Waals surface area contributed by atoms with Crippen molar-refractivity contribution in [3.05, 3.63) is 64.4 Å². The molecular weight excluding hydrogens is 287 g/mol. The van der Waals surface area contributed by atoms with Crippen LogP contribution in [-0.4, -0.2) is 13.1 Å². The number of para-hydroxylation sites is 1. The van der Waals surface area contributed by atoms with Gasteiger partial charge in [-0.15, -0.1) is 0 Å². The Morgan fingerprint density at radius 2 is 1.95 bits per heavy atom. The first-order chi connectivity index (χ1) is 10.1. The molecule has 0 fully saturated rings. The van der Waals surface area contributed by atoms with Crippen LogP contribution in [0.4, 0.5) is 10.1 Å². The molecule has 1 unspecified atom stereocenters. The molecular formula is C17H20ClFN2. The van der Waals surface area contributed by atoms with Gasteiger partial charge in [0.2, 0.25) is 0 Å². The molecule has 2 rings (SSSR count). The van der Waals surface area contributed by atoms with Crippen LogP contribution >= 0.6 is 11.6 Å². The van der Waals surface area contributed by atoms with Crippen molar-refractivity contribution in [2.24, 2.45) is 5.73 Å². The number of likely N-dealkylation sites (N-methyl/N-ethyl adjacent to an activating group) is 1. The molecule has 2 N–H and O–H groups in total. The predicted molar refractivity (Wildman–Crippen MR) is 87.4 cm³/mol. The minimum absolute atomic E-state index is 0.107. The number of rotatable bonds is 5. The van der Waals surface area contributed by atoms with E-state index in [2.05, 4.69) is 30.9 Å². The highest BCUT2D eigenvalue weighted by molar-refractivity contribution is 6.30. The van der Waals surface area contributed by atoms with Gasteiger partial charge in [-0.1, -0.05) is 29.8 Å². The summed E-state index contributed by atoms with van der Waals surface area (Å²) >= 11 is 5.98. The van der Waals surface area contributed by atoms with Crippen molar-refractivity contribution in [2.45, 2.75) is 19.9 Å². The maximum Gasteiger partial charge on any atom is 0.125 e. The average molecular weight is 307 g/mol. The van der Waals surface area contributed by atoms with Crippen LogP contribution < -0.4 is 10.6 Å². The summed E-state index contributed by atoms with van der Waals surface area (Å²) in [6.07, 6.45) is 0. The van der Waals surface area contributed by atoms with Crippen molar-refractivity contribution in [3.63, 3.8) is 0 Å². The molecule has 21 heavy (non-hydrogen) atoms. The van der Waals surface area contributed by atoms with Crippen LogP contribution in [0.15, 0.2) is 42.5 Å². The van der Waals surface area contributed by atoms with E-state index in [1.165, 1.54) is 17.7 Å². The second-order valence-electron chi connectivity index (χ2n) is 5.03. The summed E-state index contributed by atoms with van der Waals surface area (Å²) in [5, 5.41) is 0.393. The Labute approximate surface area is 130 Å². The Kier molecular flexibility index (Phi) is 5.21. The van der Waals surface area contributed by atoms with E-state index in [0.29, 0.717) is 11.6 Å². The topological polar surface area (TPSA) is 29.3 Å². The Morgan fingerprint density at radius 1 is 1.24 bits per heavy atom. The van der Waals surface area contributed by atoms with E-state index in [9.17, 15) is 4.39 Å². The van der Waals surface area contributed by atoms with Crippen LogP contribution in [0.2, 0.25) is 5.02 Å². The van der Waals surface area contributed by atoms with Gasteiger partial charge in [0, 0.05) is 23.8 Å². The van der Waals surface area contributed by atoms with Crippen molar-refractivity contribution in [2.75, 3.05) is 18.0 Å². The largest absolute Gasteiger partial charge is 0.363 e. The van der Waals surface area contributed by atoms with Gasteiger partial charge in [-0.25, -0.2) is 4.39 Å². The lowest BCUT2D eigenvalue weighted by atomic mass is 10.0. The SMILES string of the molecule is CCN(c1ccccc1C)C(CN)c1cc(F)cc(Cl)c1. The molecule has 2 aromatic rings. The van der Waals surface area contributed by atoms with Crippen molar-refractivity contribution >= 4 is 17.3 Å². The first kappa shape index (κ1) is 15.8. The number of nitrogens with two attached hydrogens (primary N) is 1. The first-order valence-electron chi connectivity index (χ1n) is 7.05. The van der Waals surface area contributed by atoms with E-state index >= 15 is 0 Å². The average Bonchev–Trinajstić information content (AvgIpc) is 2.44. The van der Waals surface area contributed by atoms with E-state index in [1.807, 2.05) is 12.1 Å². The van der Waals surface area contributed by atoms with Crippen molar-refractivity contribution in [1.29, 1.82) is 0 Å². The van der Waals surface area contributed by atoms with Gasteiger partial charge < -0.3 is 10.6 Å². The quantitative estimate of drug-likeness (QED) is 0.891. The normalized spacial score (nSPS) is 12.2. The third-order valence-electron chi connectivity index (χ3n) is 3.63. The van der Waals surface area contributed by atoms with Crippen LogP contribution in [0.3, 0.4) is 0 Å². The van der Waals surface area contributed by atoms with Gasteiger partial charge in [-0.2, -0.15) is 0 Å². The predicted octanol–water partition coefficient (Wildman–Crippen LogP) is 4.31. The van der Waals surface area contributed by atoms with E-state index in [-0.39, 0.29) is 11.9 Å². The van der Waals surface area contributed by atoms with Gasteiger partial charge in [0.1, 0.15) is 5.82 Å². The molecule has 0 amide bonds. The highest BCUT2D eigenvalue weighted by atomic mass is 35.5. The Bertz CT molecular complexity index is 595. The fourth-order valence-electron chi connectivity index (χ4n) is 2.66. The van der Waals surface area contributed by atoms with Crippen molar-refractivity contribution in [1.82, 2.24) is 0 Å². The summed E-state index contributed by atoms with van der Waals surface area (Å²) in [4.78, 5) is 2.18. The van der Waals surface area contributed by atoms with Crippen molar-refractivity contribution < 1.29 is 4.39 Å². The molecule has 4 heteroatoms. The van der Waals surface area contributed by atoms with Crippen LogP contribution in [0.5, 0.6) is 0 Å². The Hall–Kier alpha value is -1.58. The monoisotopic (exact) mass is 306 g/mol. The summed E-state index contributed by atoms with van der Waals surface area (Å²) in [5.41, 5.74) is 9.03. The van der Waals surface area contributed by atoms with Gasteiger partial charge in [-0.3, -0.25) is 0 Å². The molecule has 0 radical (unpaired) electrons. The summed E-state index contributed by atoms with van der Waals surface area (Å²) < 4.78 is 13.6. The fraction of sp³-hybridized carbons (Fsp3) is 0.294. The maximum absolute atomic E-state index is 13.6. The molecule has 0 bridgehead atoms. The smallest absolute Gasteiger partial charge is 0.125 e. The lowest BCUT2D eigenvalue weighted by Gasteiger charge is -2.33. The van der Waals surface area contributed by atoms with E-state index in [1.54, 1.807) is 6.07 Å². The molecule has 0 saturated heterocycles. The minimum Gasteiger partial charge on any atom is -0.363 e. The summed E-state index contributed by atoms with van der Waals surface area (Å²) in [5.74, 6) is -0.336. The van der Waals surface area contributed by atoms with Gasteiger partial charge in [-0.05, 0) is 49.2 Å². The molecule has 0 aromatic heterocycles. The van der Waals surface area contributed by atoms with Gasteiger partial charge >= 0.3 is 0 Å². The van der Waals surface area contributed by atoms with Gasteiger partial charge in [0.25, 0.3) is 0 Å². The van der Waals surface area contributed by atoms with Crippen molar-refractivity contribution in [3.8, 4) is 0 Å². The number of halogens is 2. The van der Waals surface area contributed by atoms with Gasteiger partial charge in [0.15, 0.2) is 0 Å². The number of hydrogen-bond donors (Lipinski definition) is 1. The highest BCUT2D eigenvalue weighted by Crippen LogP contribution is 2.30. The zero-order valence-electron chi connectivity index (χ0n) is 12.3. The second kappa shape index (κ2) is 6.92. The third kappa shape index (κ3) is 3.55. The lowest BCUT2D eigenvalue weighted by molar-refractivity contribution is 0.607. The lowest BCUT2D eigenvalue weighted by Crippen LogP contribution is -2.34. The molecule has 0 saturated carbocycles. The molecule has 112 valence electrons. The van der Waals surface area contributed by atoms with Crippen LogP contribution in [0.25, 0.3) is 0 Å². The maximum atomic E-state index is 13.6.